The van der Waals surface area contributed by atoms with Gasteiger partial charge in [0.25, 0.3) is 5.91 Å². The van der Waals surface area contributed by atoms with Crippen molar-refractivity contribution >= 4 is 11.4 Å². The lowest BCUT2D eigenvalue weighted by molar-refractivity contribution is 0.0729. The van der Waals surface area contributed by atoms with Gasteiger partial charge in [0.2, 0.25) is 0 Å². The molecule has 0 saturated carbocycles. The highest BCUT2D eigenvalue weighted by atomic mass is 19.2. The molecule has 30 heavy (non-hydrogen) atoms. The Bertz CT molecular complexity index is 1290. The number of amides is 1. The largest absolute Gasteiger partial charge is 0.331 e. The van der Waals surface area contributed by atoms with Crippen LogP contribution in [-0.4, -0.2) is 36.5 Å². The summed E-state index contributed by atoms with van der Waals surface area (Å²) in [5.74, 6) is -4.21. The number of hydrogen-bond acceptors (Lipinski definition) is 3. The van der Waals surface area contributed by atoms with E-state index in [1.54, 1.807) is 22.7 Å². The van der Waals surface area contributed by atoms with Crippen molar-refractivity contribution in [3.8, 4) is 11.3 Å². The second kappa shape index (κ2) is 6.72. The van der Waals surface area contributed by atoms with Crippen molar-refractivity contribution < 1.29 is 18.0 Å². The van der Waals surface area contributed by atoms with E-state index in [0.29, 0.717) is 35.6 Å². The molecule has 1 aliphatic rings. The van der Waals surface area contributed by atoms with Crippen molar-refractivity contribution in [2.45, 2.75) is 13.0 Å². The van der Waals surface area contributed by atoms with Crippen molar-refractivity contribution in [2.24, 2.45) is 7.05 Å². The van der Waals surface area contributed by atoms with E-state index in [2.05, 4.69) is 10.1 Å². The van der Waals surface area contributed by atoms with Crippen LogP contribution in [0.25, 0.3) is 16.8 Å². The Labute approximate surface area is 169 Å². The Hall–Kier alpha value is -3.62. The highest BCUT2D eigenvalue weighted by Gasteiger charge is 2.29. The predicted molar refractivity (Wildman–Crippen MR) is 102 cm³/mol. The molecule has 0 bridgehead atoms. The van der Waals surface area contributed by atoms with E-state index in [1.165, 1.54) is 4.68 Å². The summed E-state index contributed by atoms with van der Waals surface area (Å²) in [5, 5.41) is 4.44. The van der Waals surface area contributed by atoms with Gasteiger partial charge < -0.3 is 9.30 Å². The molecule has 0 atom stereocenters. The van der Waals surface area contributed by atoms with Crippen LogP contribution in [0.5, 0.6) is 0 Å². The lowest BCUT2D eigenvalue weighted by Crippen LogP contribution is -2.36. The van der Waals surface area contributed by atoms with Gasteiger partial charge in [-0.2, -0.15) is 5.10 Å². The van der Waals surface area contributed by atoms with Gasteiger partial charge in [-0.05, 0) is 30.7 Å². The summed E-state index contributed by atoms with van der Waals surface area (Å²) in [7, 11) is 1.65. The average Bonchev–Trinajstić information content (AvgIpc) is 3.30. The highest BCUT2D eigenvalue weighted by molar-refractivity contribution is 5.99. The third-order valence-corrected chi connectivity index (χ3v) is 5.39. The minimum absolute atomic E-state index is 0.208. The zero-order valence-corrected chi connectivity index (χ0v) is 15.9. The van der Waals surface area contributed by atoms with Crippen molar-refractivity contribution in [2.75, 3.05) is 6.54 Å². The minimum atomic E-state index is -1.50. The van der Waals surface area contributed by atoms with Crippen LogP contribution in [0, 0.1) is 17.5 Å². The van der Waals surface area contributed by atoms with E-state index in [0.717, 1.165) is 17.7 Å². The maximum atomic E-state index is 13.7. The minimum Gasteiger partial charge on any atom is -0.331 e. The van der Waals surface area contributed by atoms with Gasteiger partial charge in [0.05, 0.1) is 23.4 Å². The van der Waals surface area contributed by atoms with Gasteiger partial charge in [-0.1, -0.05) is 6.07 Å². The van der Waals surface area contributed by atoms with Crippen LogP contribution in [0.1, 0.15) is 21.7 Å². The fraction of sp³-hybridized carbons (Fsp3) is 0.190. The third-order valence-electron chi connectivity index (χ3n) is 5.39. The van der Waals surface area contributed by atoms with E-state index in [-0.39, 0.29) is 18.0 Å². The van der Waals surface area contributed by atoms with Crippen molar-refractivity contribution in [3.05, 3.63) is 77.3 Å². The van der Waals surface area contributed by atoms with Gasteiger partial charge >= 0.3 is 0 Å². The molecule has 5 rings (SSSR count). The quantitative estimate of drug-likeness (QED) is 0.476. The summed E-state index contributed by atoms with van der Waals surface area (Å²) in [6.07, 6.45) is 3.87. The van der Waals surface area contributed by atoms with E-state index in [4.69, 9.17) is 0 Å². The fourth-order valence-electron chi connectivity index (χ4n) is 4.00. The molecule has 9 heteroatoms. The second-order valence-corrected chi connectivity index (χ2v) is 7.21. The SMILES string of the molecule is Cn1nc2c(c1-c1cc(F)c(F)c(F)c1)CCN(C(=O)c1ncn3ccccc13)C2. The number of carbonyl (C=O) groups excluding carboxylic acids is 1. The maximum Gasteiger partial charge on any atom is 0.275 e. The Balaban J connectivity index is 1.49. The molecule has 4 aromatic rings. The number of halogens is 3. The van der Waals surface area contributed by atoms with Gasteiger partial charge in [0, 0.05) is 30.9 Å². The van der Waals surface area contributed by atoms with Crippen LogP contribution in [0.3, 0.4) is 0 Å². The first-order chi connectivity index (χ1) is 14.4. The molecule has 1 aliphatic heterocycles. The molecule has 3 aromatic heterocycles. The number of benzene rings is 1. The molecule has 0 unspecified atom stereocenters. The summed E-state index contributed by atoms with van der Waals surface area (Å²) in [6, 6.07) is 7.45. The second-order valence-electron chi connectivity index (χ2n) is 7.21. The summed E-state index contributed by atoms with van der Waals surface area (Å²) in [5.41, 5.74) is 3.23. The molecule has 1 amide bonds. The molecule has 152 valence electrons. The zero-order valence-electron chi connectivity index (χ0n) is 15.9. The number of rotatable bonds is 2. The van der Waals surface area contributed by atoms with Crippen LogP contribution < -0.4 is 0 Å². The van der Waals surface area contributed by atoms with E-state index < -0.39 is 17.5 Å². The van der Waals surface area contributed by atoms with E-state index >= 15 is 0 Å². The normalized spacial score (nSPS) is 13.7. The molecule has 0 saturated heterocycles. The van der Waals surface area contributed by atoms with Crippen molar-refractivity contribution in [1.29, 1.82) is 0 Å². The first-order valence-electron chi connectivity index (χ1n) is 9.34. The van der Waals surface area contributed by atoms with Gasteiger partial charge in [0.15, 0.2) is 23.1 Å². The average molecular weight is 411 g/mol. The van der Waals surface area contributed by atoms with Gasteiger partial charge in [-0.25, -0.2) is 18.2 Å². The topological polar surface area (TPSA) is 55.4 Å². The standard InChI is InChI=1S/C21H16F3N5O/c1-27-20(12-8-14(22)18(24)15(23)9-12)13-5-7-28(10-16(13)26-27)21(30)19-17-4-2-3-6-29(17)11-25-19/h2-4,6,8-9,11H,5,7,10H2,1H3. The van der Waals surface area contributed by atoms with E-state index in [9.17, 15) is 18.0 Å². The van der Waals surface area contributed by atoms with Gasteiger partial charge in [0.1, 0.15) is 6.33 Å². The molecular weight excluding hydrogens is 395 g/mol. The lowest BCUT2D eigenvalue weighted by atomic mass is 9.99. The number of aromatic nitrogens is 4. The maximum absolute atomic E-state index is 13.7. The number of aryl methyl sites for hydroxylation is 1. The molecule has 0 spiro atoms. The van der Waals surface area contributed by atoms with Crippen LogP contribution in [0.2, 0.25) is 0 Å². The van der Waals surface area contributed by atoms with Gasteiger partial charge in [-0.3, -0.25) is 9.48 Å². The molecular formula is C21H16F3N5O. The van der Waals surface area contributed by atoms with Crippen LogP contribution in [0.4, 0.5) is 13.2 Å². The molecule has 0 N–H and O–H groups in total. The number of fused-ring (bicyclic) bond motifs is 2. The van der Waals surface area contributed by atoms with Crippen LogP contribution >= 0.6 is 0 Å². The smallest absolute Gasteiger partial charge is 0.275 e. The Morgan fingerprint density at radius 2 is 1.90 bits per heavy atom. The molecule has 0 fully saturated rings. The zero-order chi connectivity index (χ0) is 21.0. The first-order valence-corrected chi connectivity index (χ1v) is 9.34. The third kappa shape index (κ3) is 2.77. The molecule has 6 nitrogen and oxygen atoms in total. The van der Waals surface area contributed by atoms with Gasteiger partial charge in [-0.15, -0.1) is 0 Å². The summed E-state index contributed by atoms with van der Waals surface area (Å²) >= 11 is 0. The Morgan fingerprint density at radius 1 is 1.13 bits per heavy atom. The Kier molecular flexibility index (Phi) is 4.12. The monoisotopic (exact) mass is 411 g/mol. The first kappa shape index (κ1) is 18.4. The summed E-state index contributed by atoms with van der Waals surface area (Å²) in [4.78, 5) is 19.0. The Morgan fingerprint density at radius 3 is 2.67 bits per heavy atom. The number of pyridine rings is 1. The van der Waals surface area contributed by atoms with Crippen LogP contribution in [-0.2, 0) is 20.0 Å². The summed E-state index contributed by atoms with van der Waals surface area (Å²) in [6.45, 7) is 0.655. The molecule has 0 aliphatic carbocycles. The molecule has 1 aromatic carbocycles. The highest BCUT2D eigenvalue weighted by Crippen LogP contribution is 2.32. The van der Waals surface area contributed by atoms with Crippen molar-refractivity contribution in [1.82, 2.24) is 24.1 Å². The number of carbonyl (C=O) groups is 1. The fourth-order valence-corrected chi connectivity index (χ4v) is 4.00. The van der Waals surface area contributed by atoms with Crippen LogP contribution in [0.15, 0.2) is 42.9 Å². The number of nitrogens with zero attached hydrogens (tertiary/aromatic N) is 5. The molecule has 0 radical (unpaired) electrons. The molecule has 4 heterocycles. The number of hydrogen-bond donors (Lipinski definition) is 0. The number of imidazole rings is 1. The summed E-state index contributed by atoms with van der Waals surface area (Å²) < 4.78 is 44.1. The lowest BCUT2D eigenvalue weighted by Gasteiger charge is -2.26. The van der Waals surface area contributed by atoms with E-state index in [1.807, 2.05) is 24.4 Å². The van der Waals surface area contributed by atoms with Crippen molar-refractivity contribution in [3.63, 3.8) is 0 Å². The predicted octanol–water partition coefficient (Wildman–Crippen LogP) is 3.35.